The summed E-state index contributed by atoms with van der Waals surface area (Å²) in [6.45, 7) is 1.96. The Labute approximate surface area is 132 Å². The number of hydrogen-bond donors (Lipinski definition) is 2. The number of methoxy groups -OCH3 is 1. The zero-order chi connectivity index (χ0) is 16.2. The summed E-state index contributed by atoms with van der Waals surface area (Å²) < 4.78 is 32.2. The van der Waals surface area contributed by atoms with E-state index in [1.165, 1.54) is 7.11 Å². The number of nitrogens with zero attached hydrogens (tertiary/aromatic N) is 1. The van der Waals surface area contributed by atoms with E-state index in [4.69, 9.17) is 4.74 Å². The fraction of sp³-hybridized carbons (Fsp3) is 0.667. The van der Waals surface area contributed by atoms with Crippen molar-refractivity contribution >= 4 is 10.0 Å². The van der Waals surface area contributed by atoms with E-state index >= 15 is 0 Å². The Hall–Kier alpha value is -1.18. The fourth-order valence-electron chi connectivity index (χ4n) is 2.62. The van der Waals surface area contributed by atoms with Crippen molar-refractivity contribution in [1.82, 2.24) is 9.71 Å². The highest BCUT2D eigenvalue weighted by atomic mass is 32.2. The van der Waals surface area contributed by atoms with Gasteiger partial charge in [0.1, 0.15) is 0 Å². The van der Waals surface area contributed by atoms with Crippen LogP contribution in [0, 0.1) is 5.92 Å². The van der Waals surface area contributed by atoms with Gasteiger partial charge < -0.3 is 9.84 Å². The van der Waals surface area contributed by atoms with Gasteiger partial charge in [0, 0.05) is 12.3 Å². The Bertz CT molecular complexity index is 568. The molecule has 7 heteroatoms. The van der Waals surface area contributed by atoms with Gasteiger partial charge in [0.15, 0.2) is 0 Å². The molecule has 0 saturated heterocycles. The van der Waals surface area contributed by atoms with E-state index < -0.39 is 10.0 Å². The van der Waals surface area contributed by atoms with Gasteiger partial charge in [0.05, 0.1) is 25.0 Å². The maximum Gasteiger partial charge on any atom is 0.212 e. The Balaban J connectivity index is 2.15. The lowest BCUT2D eigenvalue weighted by molar-refractivity contribution is 0.0279. The second-order valence-corrected chi connectivity index (χ2v) is 7.66. The average molecular weight is 328 g/mol. The summed E-state index contributed by atoms with van der Waals surface area (Å²) in [7, 11) is -1.80. The zero-order valence-electron chi connectivity index (χ0n) is 13.0. The van der Waals surface area contributed by atoms with Gasteiger partial charge in [0.25, 0.3) is 0 Å². The first kappa shape index (κ1) is 17.2. The number of unbranched alkanes of at least 4 members (excludes halogenated alkanes) is 1. The molecule has 124 valence electrons. The van der Waals surface area contributed by atoms with Crippen molar-refractivity contribution in [3.8, 4) is 5.88 Å². The highest BCUT2D eigenvalue weighted by molar-refractivity contribution is 7.89. The van der Waals surface area contributed by atoms with Crippen molar-refractivity contribution in [2.24, 2.45) is 5.92 Å². The van der Waals surface area contributed by atoms with Gasteiger partial charge in [-0.2, -0.15) is 0 Å². The summed E-state index contributed by atoms with van der Waals surface area (Å²) in [5.41, 5.74) is 0.803. The van der Waals surface area contributed by atoms with Crippen LogP contribution in [-0.4, -0.2) is 37.5 Å². The van der Waals surface area contributed by atoms with Crippen molar-refractivity contribution in [3.63, 3.8) is 0 Å². The van der Waals surface area contributed by atoms with E-state index in [1.807, 2.05) is 13.0 Å². The summed E-state index contributed by atoms with van der Waals surface area (Å²) in [5, 5.41) is 9.52. The van der Waals surface area contributed by atoms with E-state index in [0.717, 1.165) is 12.0 Å². The normalized spacial score (nSPS) is 22.9. The number of ether oxygens (including phenoxy) is 1. The van der Waals surface area contributed by atoms with Crippen LogP contribution in [0.2, 0.25) is 0 Å². The van der Waals surface area contributed by atoms with Crippen LogP contribution in [-0.2, 0) is 10.0 Å². The van der Waals surface area contributed by atoms with E-state index in [2.05, 4.69) is 9.71 Å². The maximum absolute atomic E-state index is 12.2. The number of nitrogens with one attached hydrogen (secondary N) is 1. The molecule has 0 spiro atoms. The minimum atomic E-state index is -3.34. The van der Waals surface area contributed by atoms with E-state index in [1.54, 1.807) is 12.3 Å². The van der Waals surface area contributed by atoms with Crippen LogP contribution in [0.5, 0.6) is 5.88 Å². The molecule has 0 bridgehead atoms. The van der Waals surface area contributed by atoms with Crippen LogP contribution >= 0.6 is 0 Å². The first-order chi connectivity index (χ1) is 10.4. The van der Waals surface area contributed by atoms with E-state index in [9.17, 15) is 13.5 Å². The number of pyridine rings is 1. The number of hydrogen-bond acceptors (Lipinski definition) is 5. The topological polar surface area (TPSA) is 88.5 Å². The second kappa shape index (κ2) is 7.39. The first-order valence-corrected chi connectivity index (χ1v) is 9.28. The maximum atomic E-state index is 12.2. The Morgan fingerprint density at radius 2 is 2.18 bits per heavy atom. The van der Waals surface area contributed by atoms with Gasteiger partial charge in [-0.25, -0.2) is 18.1 Å². The van der Waals surface area contributed by atoms with E-state index in [0.29, 0.717) is 25.1 Å². The lowest BCUT2D eigenvalue weighted by Crippen LogP contribution is -2.42. The number of rotatable bonds is 8. The summed E-state index contributed by atoms with van der Waals surface area (Å²) in [5.74, 6) is 0.713. The molecule has 1 fully saturated rings. The lowest BCUT2D eigenvalue weighted by Gasteiger charge is -2.38. The quantitative estimate of drug-likeness (QED) is 0.757. The van der Waals surface area contributed by atoms with Gasteiger partial charge in [-0.05, 0) is 30.7 Å². The molecule has 22 heavy (non-hydrogen) atoms. The predicted molar refractivity (Wildman–Crippen MR) is 84.1 cm³/mol. The summed E-state index contributed by atoms with van der Waals surface area (Å²) >= 11 is 0. The van der Waals surface area contributed by atoms with Gasteiger partial charge in [-0.3, -0.25) is 0 Å². The average Bonchev–Trinajstić information content (AvgIpc) is 2.48. The van der Waals surface area contributed by atoms with Gasteiger partial charge in [-0.1, -0.05) is 19.4 Å². The zero-order valence-corrected chi connectivity index (χ0v) is 13.8. The molecule has 1 aliphatic carbocycles. The van der Waals surface area contributed by atoms with Crippen LogP contribution in [0.25, 0.3) is 0 Å². The molecule has 2 N–H and O–H groups in total. The minimum Gasteiger partial charge on any atom is -0.481 e. The summed E-state index contributed by atoms with van der Waals surface area (Å²) in [6.07, 6.45) is 3.98. The highest BCUT2D eigenvalue weighted by Crippen LogP contribution is 2.38. The second-order valence-electron chi connectivity index (χ2n) is 5.79. The monoisotopic (exact) mass is 328 g/mol. The third-order valence-electron chi connectivity index (χ3n) is 4.02. The van der Waals surface area contributed by atoms with Crippen LogP contribution < -0.4 is 9.46 Å². The molecule has 0 aliphatic heterocycles. The van der Waals surface area contributed by atoms with Crippen molar-refractivity contribution in [3.05, 3.63) is 23.9 Å². The van der Waals surface area contributed by atoms with Crippen LogP contribution in [0.3, 0.4) is 0 Å². The molecule has 0 amide bonds. The largest absolute Gasteiger partial charge is 0.481 e. The Kier molecular flexibility index (Phi) is 5.77. The summed E-state index contributed by atoms with van der Waals surface area (Å²) in [6, 6.07) is 3.20. The van der Waals surface area contributed by atoms with E-state index in [-0.39, 0.29) is 23.8 Å². The molecule has 0 aromatic carbocycles. The SMILES string of the molecule is CCCCS(=O)(=O)N[C@@H](c1ccc(OC)nc1)C1CC(O)C1. The van der Waals surface area contributed by atoms with Crippen LogP contribution in [0.15, 0.2) is 18.3 Å². The fourth-order valence-corrected chi connectivity index (χ4v) is 4.12. The first-order valence-electron chi connectivity index (χ1n) is 7.63. The number of aromatic nitrogens is 1. The molecule has 1 aromatic heterocycles. The standard InChI is InChI=1S/C15H24N2O4S/c1-3-4-7-22(19,20)17-15(12-8-13(18)9-12)11-5-6-14(21-2)16-10-11/h5-6,10,12-13,15,17-18H,3-4,7-9H2,1-2H3/t12?,13?,15-/m0/s1. The molecule has 0 radical (unpaired) electrons. The highest BCUT2D eigenvalue weighted by Gasteiger charge is 2.36. The van der Waals surface area contributed by atoms with Crippen molar-refractivity contribution in [2.45, 2.75) is 44.8 Å². The third kappa shape index (κ3) is 4.41. The van der Waals surface area contributed by atoms with Crippen LogP contribution in [0.4, 0.5) is 0 Å². The van der Waals surface area contributed by atoms with Gasteiger partial charge >= 0.3 is 0 Å². The smallest absolute Gasteiger partial charge is 0.212 e. The Morgan fingerprint density at radius 1 is 1.45 bits per heavy atom. The lowest BCUT2D eigenvalue weighted by atomic mass is 9.76. The molecule has 6 nitrogen and oxygen atoms in total. The van der Waals surface area contributed by atoms with Crippen LogP contribution in [0.1, 0.15) is 44.2 Å². The molecule has 1 aliphatic rings. The molecule has 1 aromatic rings. The molecule has 1 saturated carbocycles. The molecule has 0 unspecified atom stereocenters. The van der Waals surface area contributed by atoms with Crippen molar-refractivity contribution in [1.29, 1.82) is 0 Å². The van der Waals surface area contributed by atoms with Crippen molar-refractivity contribution < 1.29 is 18.3 Å². The van der Waals surface area contributed by atoms with Gasteiger partial charge in [-0.15, -0.1) is 0 Å². The Morgan fingerprint density at radius 3 is 2.68 bits per heavy atom. The third-order valence-corrected chi connectivity index (χ3v) is 5.46. The molecule has 2 rings (SSSR count). The van der Waals surface area contributed by atoms with Gasteiger partial charge in [0.2, 0.25) is 15.9 Å². The van der Waals surface area contributed by atoms with Crippen molar-refractivity contribution in [2.75, 3.05) is 12.9 Å². The number of aliphatic hydroxyl groups is 1. The number of aliphatic hydroxyl groups excluding tert-OH is 1. The predicted octanol–water partition coefficient (Wildman–Crippen LogP) is 1.62. The summed E-state index contributed by atoms with van der Waals surface area (Å²) in [4.78, 5) is 4.15. The molecular formula is C15H24N2O4S. The molecule has 1 atom stereocenters. The molecule has 1 heterocycles. The minimum absolute atomic E-state index is 0.0987. The number of sulfonamides is 1. The molecular weight excluding hydrogens is 304 g/mol.